The van der Waals surface area contributed by atoms with Gasteiger partial charge in [-0.05, 0) is 25.8 Å². The SMILES string of the molecule is C[C@H](Sc1nnc(NC2CCCCC2)s1)C(=O)c1c[nH]c2ccccc12. The zero-order valence-corrected chi connectivity index (χ0v) is 16.3. The van der Waals surface area contributed by atoms with Gasteiger partial charge in [0.25, 0.3) is 0 Å². The van der Waals surface area contributed by atoms with E-state index >= 15 is 0 Å². The van der Waals surface area contributed by atoms with Crippen molar-refractivity contribution in [1.29, 1.82) is 0 Å². The number of aromatic nitrogens is 3. The summed E-state index contributed by atoms with van der Waals surface area (Å²) in [5, 5.41) is 13.6. The highest BCUT2D eigenvalue weighted by molar-refractivity contribution is 8.02. The van der Waals surface area contributed by atoms with Gasteiger partial charge in [0.1, 0.15) is 0 Å². The third kappa shape index (κ3) is 3.78. The Balaban J connectivity index is 1.41. The molecule has 3 aromatic rings. The van der Waals surface area contributed by atoms with Gasteiger partial charge in [0, 0.05) is 28.7 Å². The summed E-state index contributed by atoms with van der Waals surface area (Å²) in [4.78, 5) is 16.0. The number of hydrogen-bond acceptors (Lipinski definition) is 6. The number of carbonyl (C=O) groups is 1. The molecule has 0 aliphatic heterocycles. The Morgan fingerprint density at radius 1 is 1.27 bits per heavy atom. The molecule has 7 heteroatoms. The van der Waals surface area contributed by atoms with Crippen molar-refractivity contribution in [2.24, 2.45) is 0 Å². The number of nitrogens with zero attached hydrogens (tertiary/aromatic N) is 2. The minimum absolute atomic E-state index is 0.115. The summed E-state index contributed by atoms with van der Waals surface area (Å²) >= 11 is 3.03. The maximum atomic E-state index is 12.8. The fourth-order valence-electron chi connectivity index (χ4n) is 3.44. The molecule has 1 aromatic carbocycles. The van der Waals surface area contributed by atoms with E-state index in [4.69, 9.17) is 0 Å². The van der Waals surface area contributed by atoms with E-state index in [2.05, 4.69) is 20.5 Å². The largest absolute Gasteiger partial charge is 0.360 e. The van der Waals surface area contributed by atoms with Crippen molar-refractivity contribution in [3.05, 3.63) is 36.0 Å². The fourth-order valence-corrected chi connectivity index (χ4v) is 5.48. The van der Waals surface area contributed by atoms with E-state index in [1.54, 1.807) is 17.5 Å². The van der Waals surface area contributed by atoms with Gasteiger partial charge in [-0.2, -0.15) is 0 Å². The van der Waals surface area contributed by atoms with Crippen molar-refractivity contribution in [1.82, 2.24) is 15.2 Å². The third-order valence-electron chi connectivity index (χ3n) is 4.84. The van der Waals surface area contributed by atoms with E-state index < -0.39 is 0 Å². The molecular weight excluding hydrogens is 364 g/mol. The second kappa shape index (κ2) is 7.80. The Morgan fingerprint density at radius 3 is 2.92 bits per heavy atom. The topological polar surface area (TPSA) is 70.7 Å². The van der Waals surface area contributed by atoms with Crippen LogP contribution >= 0.6 is 23.1 Å². The van der Waals surface area contributed by atoms with Crippen molar-refractivity contribution < 1.29 is 4.79 Å². The van der Waals surface area contributed by atoms with Gasteiger partial charge in [-0.3, -0.25) is 4.79 Å². The van der Waals surface area contributed by atoms with Gasteiger partial charge < -0.3 is 10.3 Å². The Morgan fingerprint density at radius 2 is 2.08 bits per heavy atom. The Kier molecular flexibility index (Phi) is 5.26. The zero-order chi connectivity index (χ0) is 17.9. The van der Waals surface area contributed by atoms with E-state index in [-0.39, 0.29) is 11.0 Å². The molecule has 0 bridgehead atoms. The van der Waals surface area contributed by atoms with Gasteiger partial charge in [-0.1, -0.05) is 60.6 Å². The smallest absolute Gasteiger partial charge is 0.206 e. The highest BCUT2D eigenvalue weighted by atomic mass is 32.2. The first-order valence-electron chi connectivity index (χ1n) is 9.08. The summed E-state index contributed by atoms with van der Waals surface area (Å²) in [5.41, 5.74) is 1.73. The van der Waals surface area contributed by atoms with Gasteiger partial charge >= 0.3 is 0 Å². The standard InChI is InChI=1S/C19H22N4OS2/c1-12(17(24)15-11-20-16-10-6-5-9-14(15)16)25-19-23-22-18(26-19)21-13-7-3-2-4-8-13/h5-6,9-13,20H,2-4,7-8H2,1H3,(H,21,22)/t12-/m0/s1. The van der Waals surface area contributed by atoms with Crippen LogP contribution in [0.2, 0.25) is 0 Å². The Hall–Kier alpha value is -1.86. The number of nitrogens with one attached hydrogen (secondary N) is 2. The second-order valence-electron chi connectivity index (χ2n) is 6.72. The average molecular weight is 387 g/mol. The molecule has 0 saturated heterocycles. The van der Waals surface area contributed by atoms with Crippen LogP contribution in [0.15, 0.2) is 34.8 Å². The van der Waals surface area contributed by atoms with Crippen LogP contribution in [0.1, 0.15) is 49.4 Å². The predicted octanol–water partition coefficient (Wildman–Crippen LogP) is 5.13. The molecular formula is C19H22N4OS2. The number of benzene rings is 1. The molecule has 1 fully saturated rings. The van der Waals surface area contributed by atoms with Gasteiger partial charge in [0.2, 0.25) is 5.13 Å². The highest BCUT2D eigenvalue weighted by Crippen LogP contribution is 2.32. The molecule has 2 heterocycles. The summed E-state index contributed by atoms with van der Waals surface area (Å²) in [5.74, 6) is 0.115. The maximum absolute atomic E-state index is 12.8. The molecule has 136 valence electrons. The number of anilines is 1. The molecule has 0 unspecified atom stereocenters. The molecule has 1 aliphatic carbocycles. The third-order valence-corrected chi connectivity index (χ3v) is 6.88. The normalized spacial score (nSPS) is 16.7. The highest BCUT2D eigenvalue weighted by Gasteiger charge is 2.22. The maximum Gasteiger partial charge on any atom is 0.206 e. The van der Waals surface area contributed by atoms with Crippen LogP contribution in [0, 0.1) is 0 Å². The van der Waals surface area contributed by atoms with Crippen molar-refractivity contribution in [3.8, 4) is 0 Å². The number of thioether (sulfide) groups is 1. The first-order chi connectivity index (χ1) is 12.7. The lowest BCUT2D eigenvalue weighted by molar-refractivity contribution is 0.0995. The van der Waals surface area contributed by atoms with Crippen LogP contribution < -0.4 is 5.32 Å². The van der Waals surface area contributed by atoms with Crippen LogP contribution in [-0.4, -0.2) is 32.3 Å². The average Bonchev–Trinajstić information content (AvgIpc) is 3.29. The number of ketones is 1. The molecule has 26 heavy (non-hydrogen) atoms. The fraction of sp³-hybridized carbons (Fsp3) is 0.421. The number of aromatic amines is 1. The molecule has 0 spiro atoms. The number of carbonyl (C=O) groups excluding carboxylic acids is 1. The summed E-state index contributed by atoms with van der Waals surface area (Å²) in [6.45, 7) is 1.93. The van der Waals surface area contributed by atoms with Crippen molar-refractivity contribution in [2.45, 2.75) is 54.7 Å². The van der Waals surface area contributed by atoms with E-state index in [1.807, 2.05) is 31.2 Å². The molecule has 0 radical (unpaired) electrons. The first kappa shape index (κ1) is 17.5. The lowest BCUT2D eigenvalue weighted by Crippen LogP contribution is -2.21. The Labute approximate surface area is 161 Å². The molecule has 2 N–H and O–H groups in total. The first-order valence-corrected chi connectivity index (χ1v) is 10.8. The number of fused-ring (bicyclic) bond motifs is 1. The van der Waals surface area contributed by atoms with Crippen molar-refractivity contribution in [3.63, 3.8) is 0 Å². The van der Waals surface area contributed by atoms with E-state index in [0.29, 0.717) is 6.04 Å². The van der Waals surface area contributed by atoms with Crippen LogP contribution in [0.25, 0.3) is 10.9 Å². The van der Waals surface area contributed by atoms with Crippen LogP contribution in [0.5, 0.6) is 0 Å². The minimum atomic E-state index is -0.204. The van der Waals surface area contributed by atoms with E-state index in [1.165, 1.54) is 43.9 Å². The Bertz CT molecular complexity index is 898. The summed E-state index contributed by atoms with van der Waals surface area (Å²) < 4.78 is 0.837. The second-order valence-corrected chi connectivity index (χ2v) is 9.29. The number of para-hydroxylation sites is 1. The zero-order valence-electron chi connectivity index (χ0n) is 14.7. The van der Waals surface area contributed by atoms with Gasteiger partial charge in [0.15, 0.2) is 10.1 Å². The van der Waals surface area contributed by atoms with Crippen LogP contribution in [0.4, 0.5) is 5.13 Å². The summed E-state index contributed by atoms with van der Waals surface area (Å²) in [7, 11) is 0. The van der Waals surface area contributed by atoms with Crippen LogP contribution in [-0.2, 0) is 0 Å². The monoisotopic (exact) mass is 386 g/mol. The number of Topliss-reactive ketones (excluding diaryl/α,β-unsaturated/α-hetero) is 1. The predicted molar refractivity (Wildman–Crippen MR) is 108 cm³/mol. The molecule has 2 aromatic heterocycles. The van der Waals surface area contributed by atoms with E-state index in [0.717, 1.165) is 25.9 Å². The van der Waals surface area contributed by atoms with Crippen molar-refractivity contribution >= 4 is 44.9 Å². The summed E-state index contributed by atoms with van der Waals surface area (Å²) in [6.07, 6.45) is 8.13. The molecule has 4 rings (SSSR count). The van der Waals surface area contributed by atoms with Gasteiger partial charge in [-0.25, -0.2) is 0 Å². The molecule has 0 amide bonds. The molecule has 5 nitrogen and oxygen atoms in total. The van der Waals surface area contributed by atoms with Gasteiger partial charge in [0.05, 0.1) is 5.25 Å². The van der Waals surface area contributed by atoms with Crippen molar-refractivity contribution in [2.75, 3.05) is 5.32 Å². The number of rotatable bonds is 6. The lowest BCUT2D eigenvalue weighted by Gasteiger charge is -2.21. The van der Waals surface area contributed by atoms with Gasteiger partial charge in [-0.15, -0.1) is 10.2 Å². The lowest BCUT2D eigenvalue weighted by atomic mass is 9.96. The quantitative estimate of drug-likeness (QED) is 0.454. The molecule has 1 saturated carbocycles. The van der Waals surface area contributed by atoms with E-state index in [9.17, 15) is 4.79 Å². The molecule has 1 atom stereocenters. The number of hydrogen-bond donors (Lipinski definition) is 2. The summed E-state index contributed by atoms with van der Waals surface area (Å²) in [6, 6.07) is 8.40. The molecule has 1 aliphatic rings. The number of H-pyrrole nitrogens is 1. The van der Waals surface area contributed by atoms with Crippen LogP contribution in [0.3, 0.4) is 0 Å². The minimum Gasteiger partial charge on any atom is -0.360 e.